The molecule has 0 bridgehead atoms. The number of rotatable bonds is 4. The number of primary amides is 1. The van der Waals surface area contributed by atoms with Gasteiger partial charge in [0.05, 0.1) is 23.0 Å². The van der Waals surface area contributed by atoms with Crippen molar-refractivity contribution in [2.45, 2.75) is 6.92 Å². The second kappa shape index (κ2) is 6.48. The number of nitrogens with zero attached hydrogens (tertiary/aromatic N) is 2. The Kier molecular flexibility index (Phi) is 4.21. The van der Waals surface area contributed by atoms with Crippen LogP contribution in [0.25, 0.3) is 10.9 Å². The summed E-state index contributed by atoms with van der Waals surface area (Å²) >= 11 is 0. The molecule has 0 saturated heterocycles. The Bertz CT molecular complexity index is 990. The number of aromatic amines is 1. The van der Waals surface area contributed by atoms with E-state index in [0.29, 0.717) is 28.0 Å². The lowest BCUT2D eigenvalue weighted by molar-refractivity contribution is 0.100. The smallest absolute Gasteiger partial charge is 0.249 e. The van der Waals surface area contributed by atoms with Crippen molar-refractivity contribution < 1.29 is 4.79 Å². The lowest BCUT2D eigenvalue weighted by Gasteiger charge is -2.13. The molecule has 0 atom stereocenters. The quantitative estimate of drug-likeness (QED) is 0.685. The number of H-pyrrole nitrogens is 1. The van der Waals surface area contributed by atoms with Crippen LogP contribution in [0.4, 0.5) is 5.69 Å². The third kappa shape index (κ3) is 3.20. The maximum absolute atomic E-state index is 11.7. The zero-order valence-electron chi connectivity index (χ0n) is 13.7. The van der Waals surface area contributed by atoms with Gasteiger partial charge in [-0.15, -0.1) is 0 Å². The number of carbonyl (C=O) groups excluding carboxylic acids is 1. The standard InChI is InChI=1S/C18H18N6O/c1-10-4-3-5-12(8-19)17(10)23-11(2)22-13-6-14(18(20)25)15-9-21-24-16(15)7-13/h3-9,22H,2,19H2,1H3,(H2,20,25)(H,21,24)/b12-8-,23-17-. The van der Waals surface area contributed by atoms with E-state index in [-0.39, 0.29) is 0 Å². The lowest BCUT2D eigenvalue weighted by Crippen LogP contribution is -2.12. The zero-order chi connectivity index (χ0) is 18.0. The molecule has 126 valence electrons. The number of aliphatic imine (C=N–C) groups is 1. The van der Waals surface area contributed by atoms with E-state index in [0.717, 1.165) is 16.9 Å². The number of benzene rings is 1. The molecule has 7 nitrogen and oxygen atoms in total. The molecule has 0 saturated carbocycles. The molecule has 0 aliphatic heterocycles. The third-order valence-corrected chi connectivity index (χ3v) is 3.81. The van der Waals surface area contributed by atoms with Crippen LogP contribution in [0.1, 0.15) is 17.3 Å². The molecule has 6 N–H and O–H groups in total. The monoisotopic (exact) mass is 334 g/mol. The van der Waals surface area contributed by atoms with Gasteiger partial charge in [-0.1, -0.05) is 24.8 Å². The van der Waals surface area contributed by atoms with E-state index in [2.05, 4.69) is 27.1 Å². The number of carbonyl (C=O) groups is 1. The lowest BCUT2D eigenvalue weighted by atomic mass is 9.99. The molecule has 1 aliphatic rings. The molecule has 2 aromatic rings. The molecule has 0 fully saturated rings. The Labute approximate surface area is 144 Å². The highest BCUT2D eigenvalue weighted by Crippen LogP contribution is 2.23. The van der Waals surface area contributed by atoms with Gasteiger partial charge in [0.25, 0.3) is 0 Å². The highest BCUT2D eigenvalue weighted by Gasteiger charge is 2.13. The molecule has 0 unspecified atom stereocenters. The summed E-state index contributed by atoms with van der Waals surface area (Å²) in [6.07, 6.45) is 8.80. The van der Waals surface area contributed by atoms with E-state index in [4.69, 9.17) is 11.5 Å². The van der Waals surface area contributed by atoms with Gasteiger partial charge in [-0.05, 0) is 24.6 Å². The van der Waals surface area contributed by atoms with Crippen LogP contribution in [-0.2, 0) is 0 Å². The van der Waals surface area contributed by atoms with Crippen molar-refractivity contribution in [3.63, 3.8) is 0 Å². The summed E-state index contributed by atoms with van der Waals surface area (Å²) < 4.78 is 0. The van der Waals surface area contributed by atoms with Crippen LogP contribution in [0.2, 0.25) is 0 Å². The predicted molar refractivity (Wildman–Crippen MR) is 100.0 cm³/mol. The van der Waals surface area contributed by atoms with Crippen molar-refractivity contribution in [2.24, 2.45) is 16.5 Å². The molecule has 1 amide bonds. The normalized spacial score (nSPS) is 17.1. The zero-order valence-corrected chi connectivity index (χ0v) is 13.7. The summed E-state index contributed by atoms with van der Waals surface area (Å²) in [4.78, 5) is 16.2. The number of aromatic nitrogens is 2. The number of amides is 1. The Morgan fingerprint density at radius 2 is 2.24 bits per heavy atom. The highest BCUT2D eigenvalue weighted by molar-refractivity contribution is 6.15. The van der Waals surface area contributed by atoms with Crippen LogP contribution < -0.4 is 16.8 Å². The Balaban J connectivity index is 1.92. The number of anilines is 1. The molecule has 0 radical (unpaired) electrons. The van der Waals surface area contributed by atoms with Gasteiger partial charge in [0.2, 0.25) is 5.91 Å². The molecule has 1 aliphatic carbocycles. The van der Waals surface area contributed by atoms with Gasteiger partial charge in [-0.2, -0.15) is 5.10 Å². The van der Waals surface area contributed by atoms with Crippen molar-refractivity contribution in [1.82, 2.24) is 10.2 Å². The SMILES string of the molecule is C=C(/N=C1/C(C)=CC=C/C1=C/N)Nc1cc(C(N)=O)c2cn[nH]c2c1. The van der Waals surface area contributed by atoms with E-state index in [1.165, 1.54) is 6.20 Å². The second-order valence-electron chi connectivity index (χ2n) is 5.58. The molecular weight excluding hydrogens is 316 g/mol. The number of fused-ring (bicyclic) bond motifs is 1. The number of hydrogen-bond acceptors (Lipinski definition) is 5. The van der Waals surface area contributed by atoms with Gasteiger partial charge >= 0.3 is 0 Å². The Hall–Kier alpha value is -3.61. The molecule has 1 aromatic carbocycles. The van der Waals surface area contributed by atoms with Crippen molar-refractivity contribution >= 4 is 28.2 Å². The average molecular weight is 334 g/mol. The van der Waals surface area contributed by atoms with Gasteiger partial charge in [0.1, 0.15) is 5.82 Å². The summed E-state index contributed by atoms with van der Waals surface area (Å²) in [6, 6.07) is 3.46. The minimum absolute atomic E-state index is 0.369. The van der Waals surface area contributed by atoms with Crippen LogP contribution in [-0.4, -0.2) is 21.8 Å². The number of hydrogen-bond donors (Lipinski definition) is 4. The van der Waals surface area contributed by atoms with E-state index in [1.54, 1.807) is 12.3 Å². The summed E-state index contributed by atoms with van der Waals surface area (Å²) in [5.41, 5.74) is 15.3. The second-order valence-corrected chi connectivity index (χ2v) is 5.58. The van der Waals surface area contributed by atoms with E-state index >= 15 is 0 Å². The van der Waals surface area contributed by atoms with Crippen molar-refractivity contribution in [2.75, 3.05) is 5.32 Å². The van der Waals surface area contributed by atoms with Gasteiger partial charge < -0.3 is 16.8 Å². The van der Waals surface area contributed by atoms with E-state index in [1.807, 2.05) is 31.2 Å². The summed E-state index contributed by atoms with van der Waals surface area (Å²) in [5, 5.41) is 10.5. The fraction of sp³-hybridized carbons (Fsp3) is 0.0556. The molecular formula is C18H18N6O. The third-order valence-electron chi connectivity index (χ3n) is 3.81. The van der Waals surface area contributed by atoms with Crippen LogP contribution in [0.5, 0.6) is 0 Å². The van der Waals surface area contributed by atoms with E-state index in [9.17, 15) is 4.79 Å². The first kappa shape index (κ1) is 16.3. The Morgan fingerprint density at radius 3 is 2.96 bits per heavy atom. The van der Waals surface area contributed by atoms with Crippen molar-refractivity contribution in [3.8, 4) is 0 Å². The highest BCUT2D eigenvalue weighted by atomic mass is 16.1. The van der Waals surface area contributed by atoms with Crippen LogP contribution in [0.3, 0.4) is 0 Å². The average Bonchev–Trinajstić information content (AvgIpc) is 3.04. The minimum Gasteiger partial charge on any atom is -0.404 e. The largest absolute Gasteiger partial charge is 0.404 e. The van der Waals surface area contributed by atoms with E-state index < -0.39 is 5.91 Å². The first-order chi connectivity index (χ1) is 12.0. The minimum atomic E-state index is -0.531. The maximum atomic E-state index is 11.7. The van der Waals surface area contributed by atoms with Crippen molar-refractivity contribution in [1.29, 1.82) is 0 Å². The molecule has 0 spiro atoms. The van der Waals surface area contributed by atoms with Gasteiger partial charge in [-0.25, -0.2) is 4.99 Å². The topological polar surface area (TPSA) is 122 Å². The predicted octanol–water partition coefficient (Wildman–Crippen LogP) is 2.34. The van der Waals surface area contributed by atoms with Gasteiger partial charge in [0, 0.05) is 22.8 Å². The number of nitrogens with two attached hydrogens (primary N) is 2. The first-order valence-corrected chi connectivity index (χ1v) is 7.58. The molecule has 25 heavy (non-hydrogen) atoms. The van der Waals surface area contributed by atoms with Crippen LogP contribution in [0, 0.1) is 0 Å². The van der Waals surface area contributed by atoms with Crippen LogP contribution in [0.15, 0.2) is 71.3 Å². The number of nitrogens with one attached hydrogen (secondary N) is 2. The van der Waals surface area contributed by atoms with Gasteiger partial charge in [-0.3, -0.25) is 9.89 Å². The molecule has 7 heteroatoms. The molecule has 1 aromatic heterocycles. The number of allylic oxidation sites excluding steroid dienone is 5. The fourth-order valence-corrected chi connectivity index (χ4v) is 2.63. The molecule has 1 heterocycles. The first-order valence-electron chi connectivity index (χ1n) is 7.58. The Morgan fingerprint density at radius 1 is 1.44 bits per heavy atom. The van der Waals surface area contributed by atoms with Crippen molar-refractivity contribution in [3.05, 3.63) is 71.9 Å². The van der Waals surface area contributed by atoms with Gasteiger partial charge in [0.15, 0.2) is 0 Å². The maximum Gasteiger partial charge on any atom is 0.249 e. The molecule has 3 rings (SSSR count). The fourth-order valence-electron chi connectivity index (χ4n) is 2.63. The summed E-state index contributed by atoms with van der Waals surface area (Å²) in [5.74, 6) is -0.122. The van der Waals surface area contributed by atoms with Crippen LogP contribution >= 0.6 is 0 Å². The summed E-state index contributed by atoms with van der Waals surface area (Å²) in [6.45, 7) is 5.87. The summed E-state index contributed by atoms with van der Waals surface area (Å²) in [7, 11) is 0.